The zero-order valence-corrected chi connectivity index (χ0v) is 7.37. The van der Waals surface area contributed by atoms with Gasteiger partial charge in [-0.1, -0.05) is 37.3 Å². The van der Waals surface area contributed by atoms with E-state index in [-0.39, 0.29) is 0 Å². The van der Waals surface area contributed by atoms with Crippen LogP contribution in [0.25, 0.3) is 5.57 Å². The van der Waals surface area contributed by atoms with Crippen molar-refractivity contribution in [3.05, 3.63) is 41.4 Å². The first kappa shape index (κ1) is 8.79. The average Bonchev–Trinajstić information content (AvgIpc) is 2.07. The molecule has 2 heteroatoms. The minimum atomic E-state index is 0.788. The molecular weight excluding hydrogens is 147 g/mol. The normalized spacial score (nSPS) is 12.1. The van der Waals surface area contributed by atoms with Crippen LogP contribution in [0.5, 0.6) is 0 Å². The fraction of sp³-hybridized carbons (Fsp3) is 0.100. The molecule has 1 aromatic carbocycles. The van der Waals surface area contributed by atoms with Gasteiger partial charge < -0.3 is 0 Å². The van der Waals surface area contributed by atoms with Gasteiger partial charge >= 0.3 is 0 Å². The van der Waals surface area contributed by atoms with Crippen molar-refractivity contribution in [3.63, 3.8) is 0 Å². The zero-order valence-electron chi connectivity index (χ0n) is 7.37. The lowest BCUT2D eigenvalue weighted by atomic mass is 9.89. The van der Waals surface area contributed by atoms with Crippen molar-refractivity contribution in [1.29, 1.82) is 0 Å². The maximum atomic E-state index is 10.7. The summed E-state index contributed by atoms with van der Waals surface area (Å²) in [4.78, 5) is 10.7. The Morgan fingerprint density at radius 3 is 2.33 bits per heavy atom. The summed E-state index contributed by atoms with van der Waals surface area (Å²) in [5.74, 6) is 0. The molecule has 0 aliphatic rings. The molecule has 0 saturated carbocycles. The second-order valence-corrected chi connectivity index (χ2v) is 2.90. The van der Waals surface area contributed by atoms with Gasteiger partial charge in [0.15, 0.2) is 0 Å². The van der Waals surface area contributed by atoms with Gasteiger partial charge in [-0.3, -0.25) is 4.79 Å². The van der Waals surface area contributed by atoms with Gasteiger partial charge in [-0.15, -0.1) is 5.47 Å². The Balaban J connectivity index is 3.14. The van der Waals surface area contributed by atoms with E-state index in [1.807, 2.05) is 45.1 Å². The van der Waals surface area contributed by atoms with Crippen LogP contribution in [-0.4, -0.2) is 14.1 Å². The van der Waals surface area contributed by atoms with Gasteiger partial charge in [0, 0.05) is 5.57 Å². The predicted octanol–water partition coefficient (Wildman–Crippen LogP) is 1.25. The van der Waals surface area contributed by atoms with Crippen LogP contribution in [0.4, 0.5) is 0 Å². The van der Waals surface area contributed by atoms with Crippen LogP contribution in [-0.2, 0) is 4.79 Å². The lowest BCUT2D eigenvalue weighted by Gasteiger charge is -2.01. The van der Waals surface area contributed by atoms with Gasteiger partial charge in [0.1, 0.15) is 14.1 Å². The second kappa shape index (κ2) is 3.91. The molecule has 1 aromatic rings. The number of allylic oxidation sites excluding steroid dienone is 2. The number of hydrogen-bond donors (Lipinski definition) is 0. The second-order valence-electron chi connectivity index (χ2n) is 2.90. The quantitative estimate of drug-likeness (QED) is 0.359. The number of carbonyl (C=O) groups excluding carboxylic acids is 1. The van der Waals surface area contributed by atoms with E-state index in [1.54, 1.807) is 0 Å². The van der Waals surface area contributed by atoms with Crippen LogP contribution in [0.3, 0.4) is 0 Å². The Kier molecular flexibility index (Phi) is 2.86. The summed E-state index contributed by atoms with van der Waals surface area (Å²) in [7, 11) is 1.94. The van der Waals surface area contributed by atoms with Gasteiger partial charge in [-0.05, 0) is 5.56 Å². The van der Waals surface area contributed by atoms with E-state index < -0.39 is 0 Å². The standard InChI is InChI=1S/C10H11BO/c1-8(11)10(7-12)9-5-3-2-4-6-9/h2-7H,11H2,1H3/b10-8-. The van der Waals surface area contributed by atoms with Crippen molar-refractivity contribution in [2.45, 2.75) is 6.92 Å². The fourth-order valence-corrected chi connectivity index (χ4v) is 1.09. The Hall–Kier alpha value is -1.31. The van der Waals surface area contributed by atoms with Gasteiger partial charge in [0.25, 0.3) is 0 Å². The highest BCUT2D eigenvalue weighted by atomic mass is 16.1. The summed E-state index contributed by atoms with van der Waals surface area (Å²) >= 11 is 0. The van der Waals surface area contributed by atoms with E-state index in [2.05, 4.69) is 0 Å². The van der Waals surface area contributed by atoms with Crippen LogP contribution in [0.15, 0.2) is 35.8 Å². The summed E-state index contributed by atoms with van der Waals surface area (Å²) < 4.78 is 0. The Bertz CT molecular complexity index is 297. The minimum absolute atomic E-state index is 0.788. The molecule has 0 unspecified atom stereocenters. The third-order valence-electron chi connectivity index (χ3n) is 1.74. The van der Waals surface area contributed by atoms with Crippen molar-refractivity contribution in [2.75, 3.05) is 0 Å². The molecule has 0 N–H and O–H groups in total. The lowest BCUT2D eigenvalue weighted by Crippen LogP contribution is -1.89. The molecule has 0 heterocycles. The number of carbonyl (C=O) groups is 1. The SMILES string of the molecule is B/C(C)=C(/C=O)c1ccccc1. The summed E-state index contributed by atoms with van der Waals surface area (Å²) in [5.41, 5.74) is 2.83. The van der Waals surface area contributed by atoms with Gasteiger partial charge in [0.05, 0.1) is 0 Å². The first-order valence-electron chi connectivity index (χ1n) is 3.94. The molecule has 0 spiro atoms. The molecule has 0 aliphatic carbocycles. The number of aldehydes is 1. The van der Waals surface area contributed by atoms with Crippen LogP contribution >= 0.6 is 0 Å². The Labute approximate surface area is 73.5 Å². The third-order valence-corrected chi connectivity index (χ3v) is 1.74. The number of benzene rings is 1. The first-order valence-corrected chi connectivity index (χ1v) is 3.94. The van der Waals surface area contributed by atoms with Crippen molar-refractivity contribution >= 4 is 19.7 Å². The molecule has 0 aliphatic heterocycles. The topological polar surface area (TPSA) is 17.1 Å². The summed E-state index contributed by atoms with van der Waals surface area (Å²) in [6.07, 6.45) is 0.907. The molecule has 0 fully saturated rings. The van der Waals surface area contributed by atoms with Crippen LogP contribution in [0.1, 0.15) is 12.5 Å². The lowest BCUT2D eigenvalue weighted by molar-refractivity contribution is -0.103. The maximum absolute atomic E-state index is 10.7. The molecule has 0 radical (unpaired) electrons. The molecule has 60 valence electrons. The van der Waals surface area contributed by atoms with Crippen molar-refractivity contribution in [3.8, 4) is 0 Å². The molecule has 1 nitrogen and oxygen atoms in total. The summed E-state index contributed by atoms with van der Waals surface area (Å²) in [6, 6.07) is 9.69. The van der Waals surface area contributed by atoms with E-state index >= 15 is 0 Å². The van der Waals surface area contributed by atoms with Crippen LogP contribution in [0.2, 0.25) is 0 Å². The third kappa shape index (κ3) is 1.85. The molecule has 0 amide bonds. The van der Waals surface area contributed by atoms with Crippen molar-refractivity contribution in [1.82, 2.24) is 0 Å². The van der Waals surface area contributed by atoms with Crippen molar-refractivity contribution < 1.29 is 4.79 Å². The fourth-order valence-electron chi connectivity index (χ4n) is 1.09. The van der Waals surface area contributed by atoms with E-state index in [4.69, 9.17) is 0 Å². The van der Waals surface area contributed by atoms with Gasteiger partial charge in [-0.25, -0.2) is 0 Å². The number of rotatable bonds is 2. The average molecular weight is 158 g/mol. The molecule has 0 aromatic heterocycles. The highest BCUT2D eigenvalue weighted by molar-refractivity contribution is 6.30. The minimum Gasteiger partial charge on any atom is -0.298 e. The van der Waals surface area contributed by atoms with Crippen molar-refractivity contribution in [2.24, 2.45) is 0 Å². The largest absolute Gasteiger partial charge is 0.298 e. The highest BCUT2D eigenvalue weighted by Crippen LogP contribution is 2.13. The Morgan fingerprint density at radius 2 is 1.92 bits per heavy atom. The molecule has 0 saturated heterocycles. The van der Waals surface area contributed by atoms with E-state index in [0.717, 1.165) is 22.9 Å². The molecule has 0 bridgehead atoms. The van der Waals surface area contributed by atoms with E-state index in [1.165, 1.54) is 0 Å². The van der Waals surface area contributed by atoms with Crippen LogP contribution in [0, 0.1) is 0 Å². The van der Waals surface area contributed by atoms with Gasteiger partial charge in [0.2, 0.25) is 0 Å². The first-order chi connectivity index (χ1) is 5.75. The molecular formula is C10H11BO. The smallest absolute Gasteiger partial charge is 0.149 e. The molecule has 12 heavy (non-hydrogen) atoms. The number of hydrogen-bond acceptors (Lipinski definition) is 1. The predicted molar refractivity (Wildman–Crippen MR) is 53.6 cm³/mol. The molecule has 1 rings (SSSR count). The summed E-state index contributed by atoms with van der Waals surface area (Å²) in [5, 5.41) is 0. The van der Waals surface area contributed by atoms with E-state index in [0.29, 0.717) is 0 Å². The van der Waals surface area contributed by atoms with Gasteiger partial charge in [-0.2, -0.15) is 0 Å². The maximum Gasteiger partial charge on any atom is 0.149 e. The Morgan fingerprint density at radius 1 is 1.33 bits per heavy atom. The van der Waals surface area contributed by atoms with E-state index in [9.17, 15) is 4.79 Å². The monoisotopic (exact) mass is 158 g/mol. The summed E-state index contributed by atoms with van der Waals surface area (Å²) in [6.45, 7) is 1.94. The van der Waals surface area contributed by atoms with Crippen LogP contribution < -0.4 is 0 Å². The highest BCUT2D eigenvalue weighted by Gasteiger charge is 1.99. The molecule has 0 atom stereocenters. The zero-order chi connectivity index (χ0) is 8.97.